The zero-order chi connectivity index (χ0) is 16.4. The van der Waals surface area contributed by atoms with Gasteiger partial charge >= 0.3 is 0 Å². The fourth-order valence-corrected chi connectivity index (χ4v) is 3.14. The minimum Gasteiger partial charge on any atom is -0.349 e. The van der Waals surface area contributed by atoms with Gasteiger partial charge in [-0.3, -0.25) is 15.0 Å². The summed E-state index contributed by atoms with van der Waals surface area (Å²) in [5, 5.41) is 12.1. The lowest BCUT2D eigenvalue weighted by Gasteiger charge is -2.35. The molecule has 0 radical (unpaired) electrons. The summed E-state index contributed by atoms with van der Waals surface area (Å²) in [7, 11) is 3.76. The summed E-state index contributed by atoms with van der Waals surface area (Å²) in [4.78, 5) is 21.1. The van der Waals surface area contributed by atoms with E-state index in [1.807, 2.05) is 43.3 Å². The molecule has 6 heteroatoms. The average Bonchev–Trinajstić information content (AvgIpc) is 2.87. The van der Waals surface area contributed by atoms with Crippen LogP contribution < -0.4 is 5.32 Å². The lowest BCUT2D eigenvalue weighted by atomic mass is 9.87. The Morgan fingerprint density at radius 2 is 2.04 bits per heavy atom. The number of aliphatic imine (C=N–C) groups is 1. The Hall–Kier alpha value is -2.39. The van der Waals surface area contributed by atoms with Crippen LogP contribution in [0.3, 0.4) is 0 Å². The molecular formula is C17H21N5O. The lowest BCUT2D eigenvalue weighted by Crippen LogP contribution is -2.49. The first-order valence-corrected chi connectivity index (χ1v) is 7.83. The van der Waals surface area contributed by atoms with E-state index < -0.39 is 5.54 Å². The van der Waals surface area contributed by atoms with Crippen LogP contribution in [0.2, 0.25) is 0 Å². The van der Waals surface area contributed by atoms with Crippen LogP contribution in [0.15, 0.2) is 29.3 Å². The number of nitriles is 1. The van der Waals surface area contributed by atoms with Gasteiger partial charge in [-0.2, -0.15) is 5.26 Å². The van der Waals surface area contributed by atoms with Crippen molar-refractivity contribution in [3.8, 4) is 6.07 Å². The first-order chi connectivity index (χ1) is 11.0. The molecule has 0 unspecified atom stereocenters. The third kappa shape index (κ3) is 2.92. The van der Waals surface area contributed by atoms with Gasteiger partial charge in [-0.15, -0.1) is 0 Å². The number of benzene rings is 1. The predicted molar refractivity (Wildman–Crippen MR) is 87.7 cm³/mol. The quantitative estimate of drug-likeness (QED) is 0.882. The number of carbonyl (C=O) groups is 1. The molecule has 0 aliphatic carbocycles. The highest BCUT2D eigenvalue weighted by atomic mass is 16.2. The molecule has 3 rings (SSSR count). The van der Waals surface area contributed by atoms with Gasteiger partial charge in [0.05, 0.1) is 11.6 Å². The van der Waals surface area contributed by atoms with Gasteiger partial charge in [0.25, 0.3) is 5.91 Å². The Morgan fingerprint density at radius 1 is 1.35 bits per heavy atom. The molecule has 0 atom stereocenters. The van der Waals surface area contributed by atoms with Crippen LogP contribution in [0.5, 0.6) is 0 Å². The van der Waals surface area contributed by atoms with Crippen molar-refractivity contribution >= 4 is 11.9 Å². The van der Waals surface area contributed by atoms with Crippen LogP contribution in [0, 0.1) is 11.3 Å². The number of carbonyl (C=O) groups excluding carboxylic acids is 1. The number of hydrogen-bond acceptors (Lipinski definition) is 5. The maximum atomic E-state index is 12.3. The normalized spacial score (nSPS) is 20.0. The van der Waals surface area contributed by atoms with Gasteiger partial charge in [-0.05, 0) is 24.5 Å². The van der Waals surface area contributed by atoms with E-state index in [1.165, 1.54) is 0 Å². The van der Waals surface area contributed by atoms with E-state index in [9.17, 15) is 10.1 Å². The summed E-state index contributed by atoms with van der Waals surface area (Å²) < 4.78 is 0. The molecule has 1 N–H and O–H groups in total. The van der Waals surface area contributed by atoms with Gasteiger partial charge in [0.2, 0.25) is 5.96 Å². The van der Waals surface area contributed by atoms with Crippen molar-refractivity contribution in [3.05, 3.63) is 35.4 Å². The SMILES string of the molecule is CN(C)C1=NC2(CCN(Cc3ccccc3C#N)CC2)C(=O)N1. The number of piperidine rings is 1. The Morgan fingerprint density at radius 3 is 2.65 bits per heavy atom. The average molecular weight is 311 g/mol. The molecule has 6 nitrogen and oxygen atoms in total. The van der Waals surface area contributed by atoms with Crippen LogP contribution in [-0.4, -0.2) is 54.4 Å². The van der Waals surface area contributed by atoms with Crippen molar-refractivity contribution in [3.63, 3.8) is 0 Å². The first kappa shape index (κ1) is 15.5. The van der Waals surface area contributed by atoms with Crippen molar-refractivity contribution in [2.45, 2.75) is 24.9 Å². The molecule has 0 saturated carbocycles. The van der Waals surface area contributed by atoms with E-state index in [4.69, 9.17) is 0 Å². The highest BCUT2D eigenvalue weighted by molar-refractivity contribution is 6.07. The van der Waals surface area contributed by atoms with Gasteiger partial charge in [0.1, 0.15) is 5.54 Å². The van der Waals surface area contributed by atoms with E-state index in [1.54, 1.807) is 0 Å². The molecule has 1 aromatic rings. The fraction of sp³-hybridized carbons (Fsp3) is 0.471. The van der Waals surface area contributed by atoms with Gasteiger partial charge < -0.3 is 4.90 Å². The number of likely N-dealkylation sites (tertiary alicyclic amines) is 1. The fourth-order valence-electron chi connectivity index (χ4n) is 3.14. The van der Waals surface area contributed by atoms with Crippen LogP contribution in [-0.2, 0) is 11.3 Å². The van der Waals surface area contributed by atoms with E-state index >= 15 is 0 Å². The second-order valence-electron chi connectivity index (χ2n) is 6.36. The molecule has 0 bridgehead atoms. The topological polar surface area (TPSA) is 71.7 Å². The number of amides is 1. The molecule has 1 amide bonds. The highest BCUT2D eigenvalue weighted by Crippen LogP contribution is 2.31. The molecule has 1 saturated heterocycles. The summed E-state index contributed by atoms with van der Waals surface area (Å²) >= 11 is 0. The molecule has 1 aromatic carbocycles. The molecule has 120 valence electrons. The summed E-state index contributed by atoms with van der Waals surface area (Å²) in [6.45, 7) is 2.35. The molecule has 23 heavy (non-hydrogen) atoms. The van der Waals surface area contributed by atoms with Crippen LogP contribution in [0.25, 0.3) is 0 Å². The second kappa shape index (κ2) is 6.01. The van der Waals surface area contributed by atoms with Crippen molar-refractivity contribution in [1.29, 1.82) is 5.26 Å². The largest absolute Gasteiger partial charge is 0.349 e. The predicted octanol–water partition coefficient (Wildman–Crippen LogP) is 0.940. The summed E-state index contributed by atoms with van der Waals surface area (Å²) in [5.74, 6) is 0.663. The van der Waals surface area contributed by atoms with Crippen molar-refractivity contribution < 1.29 is 4.79 Å². The highest BCUT2D eigenvalue weighted by Gasteiger charge is 2.46. The summed E-state index contributed by atoms with van der Waals surface area (Å²) in [6.07, 6.45) is 1.43. The Kier molecular flexibility index (Phi) is 4.05. The van der Waals surface area contributed by atoms with E-state index in [0.717, 1.165) is 30.8 Å². The van der Waals surface area contributed by atoms with Crippen LogP contribution in [0.1, 0.15) is 24.0 Å². The molecular weight excluding hydrogens is 290 g/mol. The monoisotopic (exact) mass is 311 g/mol. The van der Waals surface area contributed by atoms with Crippen LogP contribution >= 0.6 is 0 Å². The molecule has 2 aliphatic heterocycles. The van der Waals surface area contributed by atoms with Crippen molar-refractivity contribution in [2.75, 3.05) is 27.2 Å². The molecule has 1 fully saturated rings. The van der Waals surface area contributed by atoms with E-state index in [2.05, 4.69) is 21.3 Å². The lowest BCUT2D eigenvalue weighted by molar-refractivity contribution is -0.125. The van der Waals surface area contributed by atoms with Crippen molar-refractivity contribution in [2.24, 2.45) is 4.99 Å². The van der Waals surface area contributed by atoms with Crippen LogP contribution in [0.4, 0.5) is 0 Å². The minimum absolute atomic E-state index is 0.0123. The summed E-state index contributed by atoms with van der Waals surface area (Å²) in [5.41, 5.74) is 1.16. The van der Waals surface area contributed by atoms with Gasteiger partial charge in [0.15, 0.2) is 0 Å². The minimum atomic E-state index is -0.606. The number of nitrogens with one attached hydrogen (secondary N) is 1. The smallest absolute Gasteiger partial charge is 0.254 e. The third-order valence-corrected chi connectivity index (χ3v) is 4.61. The van der Waals surface area contributed by atoms with E-state index in [0.29, 0.717) is 18.8 Å². The molecule has 2 aliphatic rings. The van der Waals surface area contributed by atoms with Crippen molar-refractivity contribution in [1.82, 2.24) is 15.1 Å². The zero-order valence-corrected chi connectivity index (χ0v) is 13.5. The third-order valence-electron chi connectivity index (χ3n) is 4.61. The van der Waals surface area contributed by atoms with Gasteiger partial charge in [0, 0.05) is 33.7 Å². The number of nitrogens with zero attached hydrogens (tertiary/aromatic N) is 4. The van der Waals surface area contributed by atoms with E-state index in [-0.39, 0.29) is 5.91 Å². The Balaban J connectivity index is 1.67. The molecule has 2 heterocycles. The molecule has 0 aromatic heterocycles. The molecule has 1 spiro atoms. The second-order valence-corrected chi connectivity index (χ2v) is 6.36. The first-order valence-electron chi connectivity index (χ1n) is 7.83. The maximum Gasteiger partial charge on any atom is 0.254 e. The Labute approximate surface area is 136 Å². The Bertz CT molecular complexity index is 680. The summed E-state index contributed by atoms with van der Waals surface area (Å²) in [6, 6.07) is 9.92. The number of rotatable bonds is 2. The standard InChI is InChI=1S/C17H21N5O/c1-21(2)16-19-15(23)17(20-16)7-9-22(10-8-17)12-14-6-4-3-5-13(14)11-18/h3-6H,7-10,12H2,1-2H3,(H,19,20,23). The number of hydrogen-bond donors (Lipinski definition) is 1. The van der Waals surface area contributed by atoms with Gasteiger partial charge in [-0.1, -0.05) is 18.2 Å². The maximum absolute atomic E-state index is 12.3. The number of guanidine groups is 1. The zero-order valence-electron chi connectivity index (χ0n) is 13.5. The van der Waals surface area contributed by atoms with Gasteiger partial charge in [-0.25, -0.2) is 4.99 Å².